The van der Waals surface area contributed by atoms with Crippen LogP contribution in [0, 0.1) is 5.95 Å². The number of pyridine rings is 1. The van der Waals surface area contributed by atoms with Crippen molar-refractivity contribution < 1.29 is 4.39 Å². The quantitative estimate of drug-likeness (QED) is 0.596. The second kappa shape index (κ2) is 2.75. The lowest BCUT2D eigenvalue weighted by molar-refractivity contribution is 0.569. The Morgan fingerprint density at radius 1 is 1.60 bits per heavy atom. The smallest absolute Gasteiger partial charge is 0.213 e. The molecule has 0 aliphatic carbocycles. The van der Waals surface area contributed by atoms with E-state index in [1.165, 1.54) is 6.07 Å². The van der Waals surface area contributed by atoms with Crippen LogP contribution in [-0.4, -0.2) is 4.98 Å². The van der Waals surface area contributed by atoms with Crippen molar-refractivity contribution in [2.45, 2.75) is 13.0 Å². The monoisotopic (exact) mass is 140 g/mol. The van der Waals surface area contributed by atoms with E-state index in [9.17, 15) is 4.39 Å². The van der Waals surface area contributed by atoms with E-state index >= 15 is 0 Å². The molecule has 1 unspecified atom stereocenters. The maximum absolute atomic E-state index is 12.4. The van der Waals surface area contributed by atoms with Gasteiger partial charge in [0.25, 0.3) is 0 Å². The number of halogens is 1. The van der Waals surface area contributed by atoms with Crippen molar-refractivity contribution >= 4 is 0 Å². The molecule has 0 saturated carbocycles. The average Bonchev–Trinajstić information content (AvgIpc) is 1.88. The van der Waals surface area contributed by atoms with E-state index in [2.05, 4.69) is 4.98 Å². The number of nitrogens with two attached hydrogens (primary N) is 1. The van der Waals surface area contributed by atoms with Crippen LogP contribution in [0.5, 0.6) is 0 Å². The van der Waals surface area contributed by atoms with Crippen LogP contribution in [0.15, 0.2) is 18.2 Å². The highest BCUT2D eigenvalue weighted by atomic mass is 19.1. The van der Waals surface area contributed by atoms with Gasteiger partial charge in [0.15, 0.2) is 0 Å². The van der Waals surface area contributed by atoms with Gasteiger partial charge in [0.1, 0.15) is 0 Å². The first-order valence-corrected chi connectivity index (χ1v) is 3.08. The molecule has 0 aliphatic heterocycles. The first-order chi connectivity index (χ1) is 4.70. The minimum atomic E-state index is -0.477. The van der Waals surface area contributed by atoms with E-state index in [1.54, 1.807) is 19.1 Å². The number of aromatic nitrogens is 1. The lowest BCUT2D eigenvalue weighted by atomic mass is 10.2. The van der Waals surface area contributed by atoms with Crippen LogP contribution in [0.4, 0.5) is 4.39 Å². The van der Waals surface area contributed by atoms with E-state index in [4.69, 9.17) is 5.73 Å². The van der Waals surface area contributed by atoms with Crippen molar-refractivity contribution in [1.29, 1.82) is 0 Å². The molecule has 0 spiro atoms. The molecular weight excluding hydrogens is 131 g/mol. The molecule has 1 aromatic rings. The minimum absolute atomic E-state index is 0.198. The highest BCUT2D eigenvalue weighted by molar-refractivity contribution is 5.07. The Bertz CT molecular complexity index is 223. The van der Waals surface area contributed by atoms with Gasteiger partial charge >= 0.3 is 0 Å². The Kier molecular flexibility index (Phi) is 1.97. The summed E-state index contributed by atoms with van der Waals surface area (Å²) in [5, 5.41) is 0. The molecule has 2 nitrogen and oxygen atoms in total. The van der Waals surface area contributed by atoms with Crippen molar-refractivity contribution in [3.8, 4) is 0 Å². The fraction of sp³-hybridized carbons (Fsp3) is 0.286. The molecule has 1 atom stereocenters. The van der Waals surface area contributed by atoms with Gasteiger partial charge in [-0.05, 0) is 19.1 Å². The van der Waals surface area contributed by atoms with E-state index in [0.717, 1.165) is 0 Å². The molecule has 1 heterocycles. The topological polar surface area (TPSA) is 38.9 Å². The van der Waals surface area contributed by atoms with Gasteiger partial charge in [-0.1, -0.05) is 6.07 Å². The summed E-state index contributed by atoms with van der Waals surface area (Å²) < 4.78 is 12.4. The fourth-order valence-corrected chi connectivity index (χ4v) is 0.678. The van der Waals surface area contributed by atoms with Gasteiger partial charge in [-0.25, -0.2) is 4.98 Å². The van der Waals surface area contributed by atoms with Crippen LogP contribution in [0.3, 0.4) is 0 Å². The van der Waals surface area contributed by atoms with E-state index in [0.29, 0.717) is 5.69 Å². The Balaban J connectivity index is 2.96. The predicted molar refractivity (Wildman–Crippen MR) is 36.8 cm³/mol. The third kappa shape index (κ3) is 1.51. The first-order valence-electron chi connectivity index (χ1n) is 3.08. The van der Waals surface area contributed by atoms with Gasteiger partial charge in [0.05, 0.1) is 5.69 Å². The van der Waals surface area contributed by atoms with Gasteiger partial charge < -0.3 is 5.73 Å². The highest BCUT2D eigenvalue weighted by Gasteiger charge is 1.99. The maximum Gasteiger partial charge on any atom is 0.213 e. The Morgan fingerprint density at radius 3 is 2.70 bits per heavy atom. The molecule has 0 fully saturated rings. The van der Waals surface area contributed by atoms with Crippen LogP contribution in [-0.2, 0) is 0 Å². The molecule has 1 aromatic heterocycles. The third-order valence-corrected chi connectivity index (χ3v) is 1.20. The van der Waals surface area contributed by atoms with Gasteiger partial charge in [0, 0.05) is 6.04 Å². The number of rotatable bonds is 1. The maximum atomic E-state index is 12.4. The highest BCUT2D eigenvalue weighted by Crippen LogP contribution is 2.05. The second-order valence-corrected chi connectivity index (χ2v) is 2.17. The van der Waals surface area contributed by atoms with Crippen molar-refractivity contribution in [1.82, 2.24) is 4.98 Å². The summed E-state index contributed by atoms with van der Waals surface area (Å²) in [5.74, 6) is -0.477. The molecular formula is C7H9FN2. The molecule has 0 aromatic carbocycles. The fourth-order valence-electron chi connectivity index (χ4n) is 0.678. The van der Waals surface area contributed by atoms with E-state index in [1.807, 2.05) is 0 Å². The van der Waals surface area contributed by atoms with Crippen LogP contribution >= 0.6 is 0 Å². The van der Waals surface area contributed by atoms with Crippen LogP contribution < -0.4 is 5.73 Å². The molecule has 1 rings (SSSR count). The summed E-state index contributed by atoms with van der Waals surface area (Å²) >= 11 is 0. The molecule has 0 radical (unpaired) electrons. The number of hydrogen-bond donors (Lipinski definition) is 1. The molecule has 0 bridgehead atoms. The summed E-state index contributed by atoms with van der Waals surface area (Å²) in [7, 11) is 0. The SMILES string of the molecule is CC(N)c1cccc(F)n1. The summed E-state index contributed by atoms with van der Waals surface area (Å²) in [5.41, 5.74) is 6.04. The number of hydrogen-bond acceptors (Lipinski definition) is 2. The van der Waals surface area contributed by atoms with Gasteiger partial charge in [0.2, 0.25) is 5.95 Å². The lowest BCUT2D eigenvalue weighted by Crippen LogP contribution is -2.07. The summed E-state index contributed by atoms with van der Waals surface area (Å²) in [6.45, 7) is 1.77. The molecule has 2 N–H and O–H groups in total. The zero-order valence-corrected chi connectivity index (χ0v) is 5.71. The number of nitrogens with zero attached hydrogens (tertiary/aromatic N) is 1. The lowest BCUT2D eigenvalue weighted by Gasteiger charge is -2.01. The Labute approximate surface area is 58.9 Å². The van der Waals surface area contributed by atoms with E-state index < -0.39 is 5.95 Å². The van der Waals surface area contributed by atoms with E-state index in [-0.39, 0.29) is 6.04 Å². The van der Waals surface area contributed by atoms with Crippen LogP contribution in [0.25, 0.3) is 0 Å². The molecule has 0 amide bonds. The zero-order chi connectivity index (χ0) is 7.56. The Morgan fingerprint density at radius 2 is 2.30 bits per heavy atom. The van der Waals surface area contributed by atoms with Gasteiger partial charge in [-0.3, -0.25) is 0 Å². The van der Waals surface area contributed by atoms with Crippen LogP contribution in [0.2, 0.25) is 0 Å². The normalized spacial score (nSPS) is 13.1. The van der Waals surface area contributed by atoms with Crippen LogP contribution in [0.1, 0.15) is 18.7 Å². The summed E-state index contributed by atoms with van der Waals surface area (Å²) in [4.78, 5) is 3.58. The van der Waals surface area contributed by atoms with Crippen molar-refractivity contribution in [3.05, 3.63) is 29.8 Å². The molecule has 0 saturated heterocycles. The predicted octanol–water partition coefficient (Wildman–Crippen LogP) is 1.24. The van der Waals surface area contributed by atoms with Crippen molar-refractivity contribution in [3.63, 3.8) is 0 Å². The average molecular weight is 140 g/mol. The molecule has 3 heteroatoms. The standard InChI is InChI=1S/C7H9FN2/c1-5(9)6-3-2-4-7(8)10-6/h2-5H,9H2,1H3. The first kappa shape index (κ1) is 7.15. The van der Waals surface area contributed by atoms with Gasteiger partial charge in [-0.2, -0.15) is 4.39 Å². The van der Waals surface area contributed by atoms with Crippen molar-refractivity contribution in [2.24, 2.45) is 5.73 Å². The van der Waals surface area contributed by atoms with Gasteiger partial charge in [-0.15, -0.1) is 0 Å². The largest absolute Gasteiger partial charge is 0.323 e. The molecule has 10 heavy (non-hydrogen) atoms. The van der Waals surface area contributed by atoms with Crippen molar-refractivity contribution in [2.75, 3.05) is 0 Å². The molecule has 0 aliphatic rings. The second-order valence-electron chi connectivity index (χ2n) is 2.17. The third-order valence-electron chi connectivity index (χ3n) is 1.20. The summed E-state index contributed by atoms with van der Waals surface area (Å²) in [6, 6.07) is 4.40. The minimum Gasteiger partial charge on any atom is -0.323 e. The Hall–Kier alpha value is -0.960. The summed E-state index contributed by atoms with van der Waals surface area (Å²) in [6.07, 6.45) is 0. The molecule has 54 valence electrons. The zero-order valence-electron chi connectivity index (χ0n) is 5.71.